The molecule has 0 N–H and O–H groups in total. The first kappa shape index (κ1) is 15.1. The topological polar surface area (TPSA) is 12.5 Å². The van der Waals surface area contributed by atoms with E-state index in [9.17, 15) is 0 Å². The van der Waals surface area contributed by atoms with Crippen LogP contribution in [0.1, 0.15) is 25.0 Å². The minimum absolute atomic E-state index is 0.825. The van der Waals surface area contributed by atoms with Crippen LogP contribution in [0.5, 0.6) is 0 Å². The number of thiol groups is 1. The van der Waals surface area contributed by atoms with Crippen LogP contribution in [0.3, 0.4) is 0 Å². The molecule has 0 atom stereocenters. The fourth-order valence-corrected chi connectivity index (χ4v) is 1.93. The second-order valence-electron chi connectivity index (χ2n) is 4.03. The summed E-state index contributed by atoms with van der Waals surface area (Å²) in [5.41, 5.74) is 2.44. The van der Waals surface area contributed by atoms with Gasteiger partial charge in [0.05, 0.1) is 13.2 Å². The number of morpholine rings is 1. The van der Waals surface area contributed by atoms with E-state index < -0.39 is 0 Å². The van der Waals surface area contributed by atoms with Gasteiger partial charge in [-0.1, -0.05) is 31.5 Å². The first-order chi connectivity index (χ1) is 8.75. The Kier molecular flexibility index (Phi) is 6.91. The number of hydrogen-bond acceptors (Lipinski definition) is 3. The first-order valence-corrected chi connectivity index (χ1v) is 7.00. The zero-order valence-corrected chi connectivity index (χ0v) is 12.4. The van der Waals surface area contributed by atoms with Gasteiger partial charge < -0.3 is 9.64 Å². The monoisotopic (exact) mass is 265 g/mol. The van der Waals surface area contributed by atoms with E-state index in [1.165, 1.54) is 11.1 Å². The first-order valence-electron chi connectivity index (χ1n) is 6.55. The molecular formula is C15H23NOS. The van der Waals surface area contributed by atoms with Crippen LogP contribution in [-0.4, -0.2) is 31.2 Å². The minimum atomic E-state index is 0.825. The maximum Gasteiger partial charge on any atom is 0.0642 e. The summed E-state index contributed by atoms with van der Waals surface area (Å²) in [4.78, 5) is 3.30. The Labute approximate surface area is 116 Å². The Morgan fingerprint density at radius 1 is 1.22 bits per heavy atom. The van der Waals surface area contributed by atoms with Crippen LogP contribution < -0.4 is 0 Å². The van der Waals surface area contributed by atoms with Gasteiger partial charge in [-0.2, -0.15) is 0 Å². The molecule has 18 heavy (non-hydrogen) atoms. The van der Waals surface area contributed by atoms with Crippen molar-refractivity contribution in [2.45, 2.75) is 25.7 Å². The number of aryl methyl sites for hydroxylation is 1. The molecule has 1 heterocycles. The van der Waals surface area contributed by atoms with Gasteiger partial charge in [0.15, 0.2) is 0 Å². The third kappa shape index (κ3) is 4.75. The highest BCUT2D eigenvalue weighted by molar-refractivity contribution is 7.80. The van der Waals surface area contributed by atoms with Gasteiger partial charge in [0, 0.05) is 18.0 Å². The molecule has 1 fully saturated rings. The fraction of sp³-hybridized carbons (Fsp3) is 0.467. The Morgan fingerprint density at radius 3 is 2.56 bits per heavy atom. The Morgan fingerprint density at radius 2 is 1.89 bits per heavy atom. The standard InChI is InChI=1S/C13H17NOS.C2H6/c1-11-2-3-13(16)12(10-11)4-5-14-6-8-15-9-7-14;1-2/h2-5,10,16H,6-9H2,1H3;1-2H3/b5-4+;. The second kappa shape index (κ2) is 8.22. The average molecular weight is 265 g/mol. The third-order valence-corrected chi connectivity index (χ3v) is 3.10. The zero-order chi connectivity index (χ0) is 13.4. The average Bonchev–Trinajstić information content (AvgIpc) is 2.43. The highest BCUT2D eigenvalue weighted by Crippen LogP contribution is 2.17. The van der Waals surface area contributed by atoms with Gasteiger partial charge >= 0.3 is 0 Å². The fourth-order valence-electron chi connectivity index (χ4n) is 1.72. The summed E-state index contributed by atoms with van der Waals surface area (Å²) < 4.78 is 5.30. The summed E-state index contributed by atoms with van der Waals surface area (Å²) >= 11 is 4.45. The molecule has 0 aliphatic carbocycles. The summed E-state index contributed by atoms with van der Waals surface area (Å²) in [5.74, 6) is 0. The van der Waals surface area contributed by atoms with E-state index in [-0.39, 0.29) is 0 Å². The number of nitrogens with zero attached hydrogens (tertiary/aromatic N) is 1. The van der Waals surface area contributed by atoms with Crippen molar-refractivity contribution in [3.8, 4) is 0 Å². The molecule has 1 aliphatic rings. The quantitative estimate of drug-likeness (QED) is 0.820. The molecule has 100 valence electrons. The van der Waals surface area contributed by atoms with Gasteiger partial charge in [-0.3, -0.25) is 0 Å². The van der Waals surface area contributed by atoms with Crippen molar-refractivity contribution in [2.75, 3.05) is 26.3 Å². The van der Waals surface area contributed by atoms with Crippen molar-refractivity contribution in [1.29, 1.82) is 0 Å². The van der Waals surface area contributed by atoms with Crippen LogP contribution >= 0.6 is 12.6 Å². The summed E-state index contributed by atoms with van der Waals surface area (Å²) in [5, 5.41) is 0. The van der Waals surface area contributed by atoms with E-state index in [1.54, 1.807) is 0 Å². The van der Waals surface area contributed by atoms with Gasteiger partial charge in [-0.25, -0.2) is 0 Å². The maximum absolute atomic E-state index is 5.30. The van der Waals surface area contributed by atoms with E-state index in [4.69, 9.17) is 4.74 Å². The Bertz CT molecular complexity index is 384. The molecular weight excluding hydrogens is 242 g/mol. The molecule has 0 unspecified atom stereocenters. The van der Waals surface area contributed by atoms with Crippen molar-refractivity contribution >= 4 is 18.7 Å². The van der Waals surface area contributed by atoms with Crippen LogP contribution in [0.4, 0.5) is 0 Å². The van der Waals surface area contributed by atoms with Crippen LogP contribution in [0.15, 0.2) is 29.3 Å². The van der Waals surface area contributed by atoms with Crippen LogP contribution in [0.25, 0.3) is 6.08 Å². The van der Waals surface area contributed by atoms with E-state index in [0.29, 0.717) is 0 Å². The Hall–Kier alpha value is -0.930. The molecule has 0 spiro atoms. The molecule has 0 aromatic heterocycles. The van der Waals surface area contributed by atoms with Gasteiger partial charge in [0.25, 0.3) is 0 Å². The molecule has 0 saturated carbocycles. The van der Waals surface area contributed by atoms with Crippen molar-refractivity contribution in [1.82, 2.24) is 4.90 Å². The van der Waals surface area contributed by atoms with E-state index in [2.05, 4.69) is 48.9 Å². The largest absolute Gasteiger partial charge is 0.378 e. The number of benzene rings is 1. The smallest absolute Gasteiger partial charge is 0.0642 e. The summed E-state index contributed by atoms with van der Waals surface area (Å²) in [6, 6.07) is 6.27. The summed E-state index contributed by atoms with van der Waals surface area (Å²) in [6.45, 7) is 9.70. The molecule has 1 aromatic carbocycles. The predicted molar refractivity (Wildman–Crippen MR) is 81.2 cm³/mol. The second-order valence-corrected chi connectivity index (χ2v) is 4.51. The van der Waals surface area contributed by atoms with Crippen molar-refractivity contribution in [3.05, 3.63) is 35.5 Å². The molecule has 1 aliphatic heterocycles. The lowest BCUT2D eigenvalue weighted by atomic mass is 10.1. The van der Waals surface area contributed by atoms with Gasteiger partial charge in [-0.15, -0.1) is 12.6 Å². The molecule has 3 heteroatoms. The highest BCUT2D eigenvalue weighted by atomic mass is 32.1. The molecule has 0 bridgehead atoms. The van der Waals surface area contributed by atoms with Crippen LogP contribution in [0.2, 0.25) is 0 Å². The van der Waals surface area contributed by atoms with Gasteiger partial charge in [0.1, 0.15) is 0 Å². The highest BCUT2D eigenvalue weighted by Gasteiger charge is 2.05. The lowest BCUT2D eigenvalue weighted by molar-refractivity contribution is 0.0597. The van der Waals surface area contributed by atoms with Crippen LogP contribution in [-0.2, 0) is 4.74 Å². The van der Waals surface area contributed by atoms with E-state index >= 15 is 0 Å². The number of ether oxygens (including phenoxy) is 1. The molecule has 0 amide bonds. The van der Waals surface area contributed by atoms with Crippen molar-refractivity contribution in [3.63, 3.8) is 0 Å². The molecule has 1 saturated heterocycles. The molecule has 2 rings (SSSR count). The normalized spacial score (nSPS) is 15.4. The van der Waals surface area contributed by atoms with E-state index in [0.717, 1.165) is 31.2 Å². The van der Waals surface area contributed by atoms with Gasteiger partial charge in [0.2, 0.25) is 0 Å². The third-order valence-electron chi connectivity index (χ3n) is 2.69. The van der Waals surface area contributed by atoms with Gasteiger partial charge in [-0.05, 0) is 30.8 Å². The lowest BCUT2D eigenvalue weighted by Gasteiger charge is -2.25. The van der Waals surface area contributed by atoms with Crippen molar-refractivity contribution in [2.24, 2.45) is 0 Å². The zero-order valence-electron chi connectivity index (χ0n) is 11.5. The molecule has 0 radical (unpaired) electrons. The number of hydrogen-bond donors (Lipinski definition) is 1. The Balaban J connectivity index is 0.000000771. The minimum Gasteiger partial charge on any atom is -0.378 e. The SMILES string of the molecule is CC.Cc1ccc(S)c(/C=C/N2CCOCC2)c1. The predicted octanol–water partition coefficient (Wildman–Crippen LogP) is 3.61. The lowest BCUT2D eigenvalue weighted by Crippen LogP contribution is -2.31. The summed E-state index contributed by atoms with van der Waals surface area (Å²) in [6.07, 6.45) is 4.26. The summed E-state index contributed by atoms with van der Waals surface area (Å²) in [7, 11) is 0. The van der Waals surface area contributed by atoms with Crippen LogP contribution in [0, 0.1) is 6.92 Å². The van der Waals surface area contributed by atoms with Crippen molar-refractivity contribution < 1.29 is 4.74 Å². The molecule has 2 nitrogen and oxygen atoms in total. The number of rotatable bonds is 2. The maximum atomic E-state index is 5.30. The van der Waals surface area contributed by atoms with E-state index in [1.807, 2.05) is 19.9 Å². The molecule has 1 aromatic rings.